The second-order valence-corrected chi connectivity index (χ2v) is 22.1. The number of hydrogen-bond acceptors (Lipinski definition) is 8. The number of carbonyl (C=O) groups is 1. The molecule has 3 fully saturated rings. The number of guanidine groups is 1. The van der Waals surface area contributed by atoms with E-state index in [1.807, 2.05) is 43.3 Å². The maximum absolute atomic E-state index is 13.5. The van der Waals surface area contributed by atoms with Crippen LogP contribution in [0, 0.1) is 6.92 Å². The molecule has 16 heteroatoms. The Balaban J connectivity index is 1.43. The molecular weight excluding hydrogens is 753 g/mol. The molecule has 11 nitrogen and oxygen atoms in total. The molecule has 51 heavy (non-hydrogen) atoms. The van der Waals surface area contributed by atoms with Gasteiger partial charge < -0.3 is 30.4 Å². The van der Waals surface area contributed by atoms with Gasteiger partial charge in [0.2, 0.25) is 5.96 Å². The number of amides is 1. The van der Waals surface area contributed by atoms with Gasteiger partial charge in [0.05, 0.1) is 36.0 Å². The Hall–Kier alpha value is -3.14. The monoisotopic (exact) mass is 791 g/mol. The number of halogens is 3. The van der Waals surface area contributed by atoms with E-state index in [1.165, 1.54) is 17.0 Å². The van der Waals surface area contributed by atoms with Crippen LogP contribution in [0.1, 0.15) is 26.3 Å². The molecule has 3 aromatic carbocycles. The van der Waals surface area contributed by atoms with Gasteiger partial charge in [0.1, 0.15) is 12.2 Å². The number of aliphatic hydroxyl groups excluding tert-OH is 1. The van der Waals surface area contributed by atoms with Crippen LogP contribution in [0.4, 0.5) is 0 Å². The molecule has 0 saturated carbocycles. The summed E-state index contributed by atoms with van der Waals surface area (Å²) >= 11 is 17.9. The van der Waals surface area contributed by atoms with Gasteiger partial charge in [-0.3, -0.25) is 8.98 Å². The Morgan fingerprint density at radius 2 is 1.57 bits per heavy atom. The highest BCUT2D eigenvalue weighted by atomic mass is 35.6. The van der Waals surface area contributed by atoms with E-state index in [0.29, 0.717) is 5.82 Å². The minimum absolute atomic E-state index is 0.0520. The molecule has 5 atom stereocenters. The third-order valence-corrected chi connectivity index (χ3v) is 16.5. The normalized spacial score (nSPS) is 25.8. The van der Waals surface area contributed by atoms with Crippen LogP contribution in [-0.4, -0.2) is 85.5 Å². The van der Waals surface area contributed by atoms with Crippen LogP contribution < -0.4 is 26.3 Å². The number of aliphatic imine (C=N–C) groups is 1. The fourth-order valence-electron chi connectivity index (χ4n) is 7.39. The van der Waals surface area contributed by atoms with Crippen LogP contribution in [0.15, 0.2) is 107 Å². The number of rotatable bonds is 8. The molecule has 3 saturated heterocycles. The third-order valence-electron chi connectivity index (χ3n) is 9.65. The Kier molecular flexibility index (Phi) is 10.1. The van der Waals surface area contributed by atoms with Crippen LogP contribution in [0.25, 0.3) is 0 Å². The predicted molar refractivity (Wildman–Crippen MR) is 201 cm³/mol. The highest BCUT2D eigenvalue weighted by Gasteiger charge is 2.68. The number of nitrogens with one attached hydrogen (secondary N) is 3. The van der Waals surface area contributed by atoms with Gasteiger partial charge in [0.15, 0.2) is 5.66 Å². The highest BCUT2D eigenvalue weighted by Crippen LogP contribution is 2.43. The summed E-state index contributed by atoms with van der Waals surface area (Å²) in [6.07, 6.45) is -2.81. The van der Waals surface area contributed by atoms with Gasteiger partial charge in [-0.2, -0.15) is 13.4 Å². The molecule has 272 valence electrons. The minimum Gasteiger partial charge on any atom is -0.405 e. The summed E-state index contributed by atoms with van der Waals surface area (Å²) in [5.41, 5.74) is -0.646. The maximum atomic E-state index is 13.5. The third kappa shape index (κ3) is 6.79. The lowest BCUT2D eigenvalue weighted by atomic mass is 9.88. The van der Waals surface area contributed by atoms with Crippen molar-refractivity contribution < 1.29 is 26.9 Å². The van der Waals surface area contributed by atoms with Gasteiger partial charge in [-0.1, -0.05) is 141 Å². The molecule has 0 aliphatic carbocycles. The lowest BCUT2D eigenvalue weighted by Crippen LogP contribution is -2.78. The fourth-order valence-corrected chi connectivity index (χ4v) is 13.2. The smallest absolute Gasteiger partial charge is 0.300 e. The minimum atomic E-state index is -4.33. The standard InChI is InChI=1S/C35H40Cl3N5O6SSi/c1-22-16-18-24(19-17-22)50(46,47)49-28-20-43-32(41-31(45)35(36,37)38)40-27(29-34(43,30(28)44)42-23(2)39-29)21-48-51(33(3,4)5,25-12-8-6-9-13-25)26-14-10-7-11-15-26/h6-19,27-30,39,42,44H,2,20-21H2,1,3-5H3,(H,40,41,45)/t27-,28-,29-,30-,34?/m0/s1. The molecule has 4 N–H and O–H groups in total. The van der Waals surface area contributed by atoms with E-state index in [9.17, 15) is 18.3 Å². The predicted octanol–water partition coefficient (Wildman–Crippen LogP) is 3.28. The number of hydrogen-bond donors (Lipinski definition) is 4. The summed E-state index contributed by atoms with van der Waals surface area (Å²) < 4.78 is 37.5. The van der Waals surface area contributed by atoms with Crippen molar-refractivity contribution in [1.82, 2.24) is 20.9 Å². The lowest BCUT2D eigenvalue weighted by molar-refractivity contribution is -0.117. The van der Waals surface area contributed by atoms with E-state index >= 15 is 0 Å². The van der Waals surface area contributed by atoms with Crippen molar-refractivity contribution in [2.75, 3.05) is 13.2 Å². The number of aryl methyl sites for hydroxylation is 1. The zero-order chi connectivity index (χ0) is 37.0. The summed E-state index contributed by atoms with van der Waals surface area (Å²) in [7, 11) is -7.41. The van der Waals surface area contributed by atoms with Gasteiger partial charge >= 0.3 is 5.91 Å². The Labute approximate surface area is 314 Å². The average Bonchev–Trinajstić information content (AvgIpc) is 3.56. The molecule has 6 rings (SSSR count). The first-order valence-electron chi connectivity index (χ1n) is 16.3. The van der Waals surface area contributed by atoms with Gasteiger partial charge in [0, 0.05) is 0 Å². The van der Waals surface area contributed by atoms with Crippen LogP contribution in [-0.2, 0) is 23.5 Å². The summed E-state index contributed by atoms with van der Waals surface area (Å²) in [6, 6.07) is 24.9. The van der Waals surface area contributed by atoms with Crippen molar-refractivity contribution in [1.29, 1.82) is 0 Å². The van der Waals surface area contributed by atoms with Gasteiger partial charge in [0.25, 0.3) is 22.2 Å². The number of carbonyl (C=O) groups excluding carboxylic acids is 1. The van der Waals surface area contributed by atoms with Crippen molar-refractivity contribution >= 4 is 75.5 Å². The second-order valence-electron chi connectivity index (χ2n) is 14.0. The van der Waals surface area contributed by atoms with E-state index in [0.717, 1.165) is 15.9 Å². The summed E-state index contributed by atoms with van der Waals surface area (Å²) in [4.78, 5) is 18.7. The van der Waals surface area contributed by atoms with E-state index in [-0.39, 0.29) is 29.0 Å². The number of benzene rings is 3. The first kappa shape index (κ1) is 37.6. The topological polar surface area (TPSA) is 142 Å². The molecule has 3 aliphatic rings. The van der Waals surface area contributed by atoms with Crippen LogP contribution >= 0.6 is 34.8 Å². The molecule has 3 heterocycles. The SMILES string of the molecule is C=C1N[C@H]2[C@H](CO[Si](c3ccccc3)(c3ccccc3)C(C)(C)C)N/C(=N/C(=O)C(Cl)(Cl)Cl)N3C[C@H](OS(=O)(=O)c4ccc(C)cc4)[C@H](O)C23N1. The molecule has 1 unspecified atom stereocenters. The van der Waals surface area contributed by atoms with E-state index in [4.69, 9.17) is 43.4 Å². The fraction of sp³-hybridized carbons (Fsp3) is 0.371. The molecule has 1 spiro atoms. The highest BCUT2D eigenvalue weighted by molar-refractivity contribution is 7.86. The van der Waals surface area contributed by atoms with Gasteiger partial charge in [-0.15, -0.1) is 0 Å². The molecule has 0 bridgehead atoms. The van der Waals surface area contributed by atoms with Crippen molar-refractivity contribution in [3.05, 3.63) is 103 Å². The Morgan fingerprint density at radius 1 is 1.00 bits per heavy atom. The van der Waals surface area contributed by atoms with E-state index in [2.05, 4.69) is 72.6 Å². The summed E-state index contributed by atoms with van der Waals surface area (Å²) in [6.45, 7) is 12.2. The zero-order valence-corrected chi connectivity index (χ0v) is 32.5. The maximum Gasteiger partial charge on any atom is 0.300 e. The molecule has 0 radical (unpaired) electrons. The molecule has 1 amide bonds. The van der Waals surface area contributed by atoms with Crippen molar-refractivity contribution in [2.24, 2.45) is 4.99 Å². The van der Waals surface area contributed by atoms with E-state index in [1.54, 1.807) is 12.1 Å². The van der Waals surface area contributed by atoms with Crippen LogP contribution in [0.5, 0.6) is 0 Å². The molecule has 3 aliphatic heterocycles. The first-order valence-corrected chi connectivity index (χ1v) is 20.8. The molecule has 0 aromatic heterocycles. The lowest BCUT2D eigenvalue weighted by Gasteiger charge is -2.51. The summed E-state index contributed by atoms with van der Waals surface area (Å²) in [5, 5.41) is 23.7. The van der Waals surface area contributed by atoms with E-state index < -0.39 is 58.1 Å². The number of aliphatic hydroxyl groups is 1. The van der Waals surface area contributed by atoms with Gasteiger partial charge in [-0.25, -0.2) is 0 Å². The molecule has 3 aromatic rings. The van der Waals surface area contributed by atoms with Gasteiger partial charge in [-0.05, 0) is 34.5 Å². The quantitative estimate of drug-likeness (QED) is 0.153. The second kappa shape index (κ2) is 13.7. The summed E-state index contributed by atoms with van der Waals surface area (Å²) in [5.74, 6) is -0.816. The van der Waals surface area contributed by atoms with Crippen molar-refractivity contribution in [3.8, 4) is 0 Å². The number of nitrogens with zero attached hydrogens (tertiary/aromatic N) is 2. The molecular formula is C35H40Cl3N5O6SSi. The van der Waals surface area contributed by atoms with Crippen molar-refractivity contribution in [3.63, 3.8) is 0 Å². The Morgan fingerprint density at radius 3 is 2.10 bits per heavy atom. The number of alkyl halides is 3. The first-order chi connectivity index (χ1) is 23.9. The van der Waals surface area contributed by atoms with Crippen LogP contribution in [0.2, 0.25) is 5.04 Å². The average molecular weight is 793 g/mol. The largest absolute Gasteiger partial charge is 0.405 e. The Bertz CT molecular complexity index is 1890. The van der Waals surface area contributed by atoms with Crippen molar-refractivity contribution in [2.45, 2.75) is 71.4 Å². The zero-order valence-electron chi connectivity index (χ0n) is 28.4. The van der Waals surface area contributed by atoms with Crippen LogP contribution in [0.3, 0.4) is 0 Å².